The maximum atomic E-state index is 12.6. The van der Waals surface area contributed by atoms with E-state index in [1.807, 2.05) is 4.90 Å². The summed E-state index contributed by atoms with van der Waals surface area (Å²) in [5.41, 5.74) is 1.36. The third kappa shape index (κ3) is 3.80. The lowest BCUT2D eigenvalue weighted by Gasteiger charge is -2.29. The maximum Gasteiger partial charge on any atom is 0.411 e. The van der Waals surface area contributed by atoms with E-state index >= 15 is 0 Å². The third-order valence-corrected chi connectivity index (χ3v) is 5.07. The van der Waals surface area contributed by atoms with Crippen LogP contribution in [0.1, 0.15) is 38.5 Å². The van der Waals surface area contributed by atoms with Crippen LogP contribution in [0.4, 0.5) is 21.0 Å². The molecule has 130 valence electrons. The number of hydrogen-bond acceptors (Lipinski definition) is 3. The average Bonchev–Trinajstić information content (AvgIpc) is 3.27. The van der Waals surface area contributed by atoms with Gasteiger partial charge in [-0.2, -0.15) is 0 Å². The second-order valence-electron chi connectivity index (χ2n) is 6.57. The minimum absolute atomic E-state index is 0.0157. The Kier molecular flexibility index (Phi) is 5.23. The topological polar surface area (TPSA) is 70.7 Å². The van der Waals surface area contributed by atoms with Gasteiger partial charge in [-0.05, 0) is 55.9 Å². The van der Waals surface area contributed by atoms with Gasteiger partial charge in [-0.3, -0.25) is 5.32 Å². The van der Waals surface area contributed by atoms with E-state index in [0.717, 1.165) is 25.1 Å². The largest absolute Gasteiger partial charge is 0.453 e. The molecule has 6 heteroatoms. The Morgan fingerprint density at radius 2 is 1.62 bits per heavy atom. The second-order valence-corrected chi connectivity index (χ2v) is 6.57. The van der Waals surface area contributed by atoms with Crippen molar-refractivity contribution in [2.45, 2.75) is 44.6 Å². The Morgan fingerprint density at radius 3 is 2.25 bits per heavy atom. The first-order valence-electron chi connectivity index (χ1n) is 8.70. The van der Waals surface area contributed by atoms with E-state index in [-0.39, 0.29) is 6.03 Å². The quantitative estimate of drug-likeness (QED) is 0.878. The normalized spacial score (nSPS) is 20.9. The zero-order valence-electron chi connectivity index (χ0n) is 14.1. The Balaban J connectivity index is 1.58. The molecule has 3 rings (SSSR count). The van der Waals surface area contributed by atoms with Crippen LogP contribution in [0.5, 0.6) is 0 Å². The molecular weight excluding hydrogens is 306 g/mol. The van der Waals surface area contributed by atoms with Crippen molar-refractivity contribution < 1.29 is 14.3 Å². The maximum absolute atomic E-state index is 12.6. The number of hydrogen-bond donors (Lipinski definition) is 2. The molecule has 1 aromatic carbocycles. The number of nitrogens with one attached hydrogen (secondary N) is 2. The van der Waals surface area contributed by atoms with E-state index in [0.29, 0.717) is 17.6 Å². The molecule has 24 heavy (non-hydrogen) atoms. The van der Waals surface area contributed by atoms with E-state index in [2.05, 4.69) is 15.4 Å². The van der Waals surface area contributed by atoms with Crippen molar-refractivity contribution in [3.63, 3.8) is 0 Å². The summed E-state index contributed by atoms with van der Waals surface area (Å²) in [5.74, 6) is 0.671. The summed E-state index contributed by atoms with van der Waals surface area (Å²) >= 11 is 0. The SMILES string of the molecule is COC(=O)Nc1ccc(NC(=O)N2CCCC2C2CCCC2)cc1. The smallest absolute Gasteiger partial charge is 0.411 e. The number of likely N-dealkylation sites (tertiary alicyclic amines) is 1. The van der Waals surface area contributed by atoms with Gasteiger partial charge in [0.25, 0.3) is 0 Å². The summed E-state index contributed by atoms with van der Waals surface area (Å²) in [7, 11) is 1.32. The highest BCUT2D eigenvalue weighted by molar-refractivity contribution is 5.90. The number of rotatable bonds is 3. The second kappa shape index (κ2) is 7.55. The van der Waals surface area contributed by atoms with Crippen LogP contribution in [-0.4, -0.2) is 36.7 Å². The van der Waals surface area contributed by atoms with Crippen LogP contribution in [-0.2, 0) is 4.74 Å². The molecule has 1 saturated heterocycles. The van der Waals surface area contributed by atoms with Crippen molar-refractivity contribution >= 4 is 23.5 Å². The van der Waals surface area contributed by atoms with Crippen molar-refractivity contribution in [1.29, 1.82) is 0 Å². The van der Waals surface area contributed by atoms with Gasteiger partial charge in [-0.15, -0.1) is 0 Å². The first kappa shape index (κ1) is 16.6. The van der Waals surface area contributed by atoms with Gasteiger partial charge >= 0.3 is 12.1 Å². The zero-order valence-corrected chi connectivity index (χ0v) is 14.1. The van der Waals surface area contributed by atoms with E-state index in [1.165, 1.54) is 32.8 Å². The highest BCUT2D eigenvalue weighted by atomic mass is 16.5. The van der Waals surface area contributed by atoms with Crippen LogP contribution in [0.2, 0.25) is 0 Å². The first-order chi connectivity index (χ1) is 11.7. The number of ether oxygens (including phenoxy) is 1. The average molecular weight is 331 g/mol. The minimum atomic E-state index is -0.511. The molecule has 1 aliphatic carbocycles. The summed E-state index contributed by atoms with van der Waals surface area (Å²) in [6.07, 6.45) is 6.81. The number of anilines is 2. The summed E-state index contributed by atoms with van der Waals surface area (Å²) in [4.78, 5) is 25.8. The lowest BCUT2D eigenvalue weighted by atomic mass is 9.96. The number of nitrogens with zero attached hydrogens (tertiary/aromatic N) is 1. The standard InChI is InChI=1S/C18H25N3O3/c1-24-18(23)20-15-10-8-14(9-11-15)19-17(22)21-12-4-7-16(21)13-5-2-3-6-13/h8-11,13,16H,2-7,12H2,1H3,(H,19,22)(H,20,23). The molecule has 0 bridgehead atoms. The van der Waals surface area contributed by atoms with Crippen molar-refractivity contribution in [3.05, 3.63) is 24.3 Å². The highest BCUT2D eigenvalue weighted by Gasteiger charge is 2.35. The van der Waals surface area contributed by atoms with Gasteiger partial charge in [0.15, 0.2) is 0 Å². The fourth-order valence-electron chi connectivity index (χ4n) is 3.88. The molecule has 2 fully saturated rings. The van der Waals surface area contributed by atoms with Gasteiger partial charge < -0.3 is 15.0 Å². The van der Waals surface area contributed by atoms with Crippen LogP contribution >= 0.6 is 0 Å². The number of amides is 3. The van der Waals surface area contributed by atoms with E-state index in [1.54, 1.807) is 24.3 Å². The molecule has 1 atom stereocenters. The molecule has 1 unspecified atom stereocenters. The Bertz CT molecular complexity index is 582. The highest BCUT2D eigenvalue weighted by Crippen LogP contribution is 2.35. The van der Waals surface area contributed by atoms with Crippen molar-refractivity contribution in [2.24, 2.45) is 5.92 Å². The third-order valence-electron chi connectivity index (χ3n) is 5.07. The summed E-state index contributed by atoms with van der Waals surface area (Å²) in [6.45, 7) is 0.842. The molecule has 0 radical (unpaired) electrons. The zero-order chi connectivity index (χ0) is 16.9. The van der Waals surface area contributed by atoms with Crippen molar-refractivity contribution in [2.75, 3.05) is 24.3 Å². The summed E-state index contributed by atoms with van der Waals surface area (Å²) in [5, 5.41) is 5.56. The Labute approximate surface area is 142 Å². The van der Waals surface area contributed by atoms with Crippen LogP contribution in [0.15, 0.2) is 24.3 Å². The van der Waals surface area contributed by atoms with E-state index < -0.39 is 6.09 Å². The van der Waals surface area contributed by atoms with Gasteiger partial charge in [0, 0.05) is 24.0 Å². The molecular formula is C18H25N3O3. The van der Waals surface area contributed by atoms with Crippen molar-refractivity contribution in [1.82, 2.24) is 4.90 Å². The lowest BCUT2D eigenvalue weighted by Crippen LogP contribution is -2.41. The summed E-state index contributed by atoms with van der Waals surface area (Å²) < 4.78 is 4.55. The van der Waals surface area contributed by atoms with Crippen LogP contribution in [0.25, 0.3) is 0 Å². The molecule has 2 N–H and O–H groups in total. The van der Waals surface area contributed by atoms with Crippen LogP contribution in [0, 0.1) is 5.92 Å². The molecule has 1 aromatic rings. The summed E-state index contributed by atoms with van der Waals surface area (Å²) in [6, 6.07) is 7.43. The number of carbonyl (C=O) groups is 2. The predicted octanol–water partition coefficient (Wildman–Crippen LogP) is 4.05. The number of carbonyl (C=O) groups excluding carboxylic acids is 2. The molecule has 6 nitrogen and oxygen atoms in total. The van der Waals surface area contributed by atoms with E-state index in [9.17, 15) is 9.59 Å². The van der Waals surface area contributed by atoms with Gasteiger partial charge in [0.1, 0.15) is 0 Å². The van der Waals surface area contributed by atoms with Gasteiger partial charge in [0.05, 0.1) is 7.11 Å². The fourth-order valence-corrected chi connectivity index (χ4v) is 3.88. The number of benzene rings is 1. The van der Waals surface area contributed by atoms with Crippen LogP contribution < -0.4 is 10.6 Å². The molecule has 0 spiro atoms. The number of urea groups is 1. The van der Waals surface area contributed by atoms with Gasteiger partial charge in [0.2, 0.25) is 0 Å². The van der Waals surface area contributed by atoms with E-state index in [4.69, 9.17) is 0 Å². The Morgan fingerprint density at radius 1 is 1.00 bits per heavy atom. The molecule has 3 amide bonds. The first-order valence-corrected chi connectivity index (χ1v) is 8.70. The molecule has 1 aliphatic heterocycles. The molecule has 2 aliphatic rings. The molecule has 0 aromatic heterocycles. The van der Waals surface area contributed by atoms with Crippen LogP contribution in [0.3, 0.4) is 0 Å². The Hall–Kier alpha value is -2.24. The van der Waals surface area contributed by atoms with Gasteiger partial charge in [-0.25, -0.2) is 9.59 Å². The van der Waals surface area contributed by atoms with Gasteiger partial charge in [-0.1, -0.05) is 12.8 Å². The fraction of sp³-hybridized carbons (Fsp3) is 0.556. The molecule has 1 heterocycles. The van der Waals surface area contributed by atoms with Crippen molar-refractivity contribution in [3.8, 4) is 0 Å². The minimum Gasteiger partial charge on any atom is -0.453 e. The number of methoxy groups -OCH3 is 1. The lowest BCUT2D eigenvalue weighted by molar-refractivity contribution is 0.185. The predicted molar refractivity (Wildman–Crippen MR) is 93.2 cm³/mol. The monoisotopic (exact) mass is 331 g/mol. The molecule has 1 saturated carbocycles.